The molecule has 5 heteroatoms. The third-order valence-electron chi connectivity index (χ3n) is 3.11. The topological polar surface area (TPSA) is 46.3 Å². The summed E-state index contributed by atoms with van der Waals surface area (Å²) in [5.41, 5.74) is 2.06. The minimum atomic E-state index is 0.263. The molecule has 1 fully saturated rings. The van der Waals surface area contributed by atoms with Gasteiger partial charge in [-0.3, -0.25) is 4.79 Å². The summed E-state index contributed by atoms with van der Waals surface area (Å²) in [6.07, 6.45) is 2.31. The molecule has 0 aliphatic carbocycles. The Bertz CT molecular complexity index is 378. The predicted octanol–water partition coefficient (Wildman–Crippen LogP) is 2.15. The molecule has 1 amide bonds. The molecule has 1 aliphatic rings. The number of aryl methyl sites for hydroxylation is 2. The third-order valence-corrected chi connectivity index (χ3v) is 4.06. The number of hydrogen-bond acceptors (Lipinski definition) is 4. The molecule has 0 aromatic carbocycles. The van der Waals surface area contributed by atoms with Crippen LogP contribution in [0.5, 0.6) is 0 Å². The van der Waals surface area contributed by atoms with E-state index < -0.39 is 0 Å². The van der Waals surface area contributed by atoms with E-state index in [1.807, 2.05) is 18.7 Å². The first-order valence-electron chi connectivity index (χ1n) is 5.95. The molecule has 1 saturated heterocycles. The first kappa shape index (κ1) is 12.5. The van der Waals surface area contributed by atoms with Gasteiger partial charge in [-0.15, -0.1) is 11.8 Å². The fraction of sp³-hybridized carbons (Fsp3) is 0.667. The number of hydrogen-bond donors (Lipinski definition) is 0. The van der Waals surface area contributed by atoms with Crippen LogP contribution in [0.15, 0.2) is 4.52 Å². The fourth-order valence-corrected chi connectivity index (χ4v) is 3.08. The maximum atomic E-state index is 11.8. The van der Waals surface area contributed by atoms with Crippen molar-refractivity contribution in [3.05, 3.63) is 17.0 Å². The largest absolute Gasteiger partial charge is 0.361 e. The lowest BCUT2D eigenvalue weighted by molar-refractivity contribution is -0.127. The summed E-state index contributed by atoms with van der Waals surface area (Å²) in [4.78, 5) is 13.8. The predicted molar refractivity (Wildman–Crippen MR) is 68.0 cm³/mol. The zero-order valence-electron chi connectivity index (χ0n) is 10.4. The molecule has 0 spiro atoms. The number of thioether (sulfide) groups is 1. The number of rotatable bonds is 4. The van der Waals surface area contributed by atoms with E-state index in [4.69, 9.17) is 4.52 Å². The molecule has 1 aromatic rings. The molecule has 0 bridgehead atoms. The lowest BCUT2D eigenvalue weighted by Crippen LogP contribution is -2.29. The van der Waals surface area contributed by atoms with E-state index in [9.17, 15) is 4.79 Å². The van der Waals surface area contributed by atoms with Gasteiger partial charge in [-0.2, -0.15) is 0 Å². The average Bonchev–Trinajstić information content (AvgIpc) is 2.93. The van der Waals surface area contributed by atoms with Crippen LogP contribution in [0.1, 0.15) is 29.9 Å². The second-order valence-electron chi connectivity index (χ2n) is 4.38. The van der Waals surface area contributed by atoms with Crippen LogP contribution in [0.3, 0.4) is 0 Å². The molecule has 0 N–H and O–H groups in total. The van der Waals surface area contributed by atoms with Gasteiger partial charge in [0.05, 0.1) is 11.4 Å². The first-order chi connectivity index (χ1) is 8.18. The molecule has 0 radical (unpaired) electrons. The van der Waals surface area contributed by atoms with Gasteiger partial charge in [0, 0.05) is 24.4 Å². The molecule has 94 valence electrons. The van der Waals surface area contributed by atoms with E-state index in [1.165, 1.54) is 0 Å². The lowest BCUT2D eigenvalue weighted by atomic mass is 10.2. The van der Waals surface area contributed by atoms with Crippen molar-refractivity contribution in [2.24, 2.45) is 0 Å². The number of carbonyl (C=O) groups is 1. The van der Waals surface area contributed by atoms with Gasteiger partial charge in [0.25, 0.3) is 0 Å². The SMILES string of the molecule is Cc1noc(C)c1CSCC(=O)N1CCCC1. The van der Waals surface area contributed by atoms with Crippen LogP contribution in [0.25, 0.3) is 0 Å². The van der Waals surface area contributed by atoms with Crippen molar-refractivity contribution in [2.45, 2.75) is 32.4 Å². The van der Waals surface area contributed by atoms with Gasteiger partial charge in [-0.1, -0.05) is 5.16 Å². The zero-order valence-corrected chi connectivity index (χ0v) is 11.2. The van der Waals surface area contributed by atoms with Gasteiger partial charge >= 0.3 is 0 Å². The standard InChI is InChI=1S/C12H18N2O2S/c1-9-11(10(2)16-13-9)7-17-8-12(15)14-5-3-4-6-14/h3-8H2,1-2H3. The van der Waals surface area contributed by atoms with Crippen molar-refractivity contribution < 1.29 is 9.32 Å². The second-order valence-corrected chi connectivity index (χ2v) is 5.37. The van der Waals surface area contributed by atoms with Gasteiger partial charge in [-0.05, 0) is 26.7 Å². The number of likely N-dealkylation sites (tertiary alicyclic amines) is 1. The summed E-state index contributed by atoms with van der Waals surface area (Å²) in [7, 11) is 0. The van der Waals surface area contributed by atoms with Crippen LogP contribution >= 0.6 is 11.8 Å². The van der Waals surface area contributed by atoms with E-state index in [1.54, 1.807) is 11.8 Å². The van der Waals surface area contributed by atoms with E-state index in [0.29, 0.717) is 5.75 Å². The summed E-state index contributed by atoms with van der Waals surface area (Å²) in [5.74, 6) is 2.49. The van der Waals surface area contributed by atoms with Crippen molar-refractivity contribution >= 4 is 17.7 Å². The summed E-state index contributed by atoms with van der Waals surface area (Å²) in [6.45, 7) is 5.72. The third kappa shape index (κ3) is 3.03. The van der Waals surface area contributed by atoms with Crippen molar-refractivity contribution in [2.75, 3.05) is 18.8 Å². The average molecular weight is 254 g/mol. The van der Waals surface area contributed by atoms with Crippen molar-refractivity contribution in [1.29, 1.82) is 0 Å². The summed E-state index contributed by atoms with van der Waals surface area (Å²) in [6, 6.07) is 0. The summed E-state index contributed by atoms with van der Waals surface area (Å²) < 4.78 is 5.09. The second kappa shape index (κ2) is 5.58. The normalized spacial score (nSPS) is 15.5. The van der Waals surface area contributed by atoms with E-state index in [-0.39, 0.29) is 5.91 Å². The number of amides is 1. The Labute approximate surface area is 106 Å². The maximum absolute atomic E-state index is 11.8. The first-order valence-corrected chi connectivity index (χ1v) is 7.11. The highest BCUT2D eigenvalue weighted by atomic mass is 32.2. The highest BCUT2D eigenvalue weighted by molar-refractivity contribution is 7.99. The molecule has 4 nitrogen and oxygen atoms in total. The van der Waals surface area contributed by atoms with Crippen molar-refractivity contribution in [3.8, 4) is 0 Å². The van der Waals surface area contributed by atoms with Gasteiger partial charge in [0.15, 0.2) is 0 Å². The van der Waals surface area contributed by atoms with Gasteiger partial charge in [0.1, 0.15) is 5.76 Å². The molecule has 1 aromatic heterocycles. The Hall–Kier alpha value is -0.970. The molecular formula is C12H18N2O2S. The smallest absolute Gasteiger partial charge is 0.232 e. The van der Waals surface area contributed by atoms with Crippen LogP contribution in [0.2, 0.25) is 0 Å². The number of nitrogens with zero attached hydrogens (tertiary/aromatic N) is 2. The van der Waals surface area contributed by atoms with Crippen LogP contribution in [0.4, 0.5) is 0 Å². The van der Waals surface area contributed by atoms with Crippen LogP contribution < -0.4 is 0 Å². The Morgan fingerprint density at radius 2 is 2.12 bits per heavy atom. The van der Waals surface area contributed by atoms with E-state index in [2.05, 4.69) is 5.16 Å². The minimum Gasteiger partial charge on any atom is -0.361 e. The molecule has 0 unspecified atom stereocenters. The maximum Gasteiger partial charge on any atom is 0.232 e. The van der Waals surface area contributed by atoms with Crippen molar-refractivity contribution in [1.82, 2.24) is 10.1 Å². The van der Waals surface area contributed by atoms with Crippen LogP contribution in [-0.2, 0) is 10.5 Å². The molecule has 17 heavy (non-hydrogen) atoms. The quantitative estimate of drug-likeness (QED) is 0.826. The van der Waals surface area contributed by atoms with Gasteiger partial charge < -0.3 is 9.42 Å². The molecule has 1 aliphatic heterocycles. The highest BCUT2D eigenvalue weighted by Crippen LogP contribution is 2.20. The van der Waals surface area contributed by atoms with Gasteiger partial charge in [0.2, 0.25) is 5.91 Å². The van der Waals surface area contributed by atoms with E-state index >= 15 is 0 Å². The Kier molecular flexibility index (Phi) is 4.10. The Morgan fingerprint density at radius 1 is 1.41 bits per heavy atom. The monoisotopic (exact) mass is 254 g/mol. The van der Waals surface area contributed by atoms with Crippen LogP contribution in [-0.4, -0.2) is 34.8 Å². The molecule has 0 saturated carbocycles. The van der Waals surface area contributed by atoms with Gasteiger partial charge in [-0.25, -0.2) is 0 Å². The van der Waals surface area contributed by atoms with Crippen molar-refractivity contribution in [3.63, 3.8) is 0 Å². The number of aromatic nitrogens is 1. The Morgan fingerprint density at radius 3 is 2.71 bits per heavy atom. The summed E-state index contributed by atoms with van der Waals surface area (Å²) in [5, 5.41) is 3.91. The molecule has 2 heterocycles. The number of carbonyl (C=O) groups excluding carboxylic acids is 1. The van der Waals surface area contributed by atoms with Crippen LogP contribution in [0, 0.1) is 13.8 Å². The molecule has 0 atom stereocenters. The highest BCUT2D eigenvalue weighted by Gasteiger charge is 2.18. The molecule has 2 rings (SSSR count). The molecular weight excluding hydrogens is 236 g/mol. The van der Waals surface area contributed by atoms with E-state index in [0.717, 1.165) is 48.7 Å². The minimum absolute atomic E-state index is 0.263. The lowest BCUT2D eigenvalue weighted by Gasteiger charge is -2.14. The zero-order chi connectivity index (χ0) is 12.3. The fourth-order valence-electron chi connectivity index (χ4n) is 2.01. The summed E-state index contributed by atoms with van der Waals surface area (Å²) >= 11 is 1.64. The Balaban J connectivity index is 1.77.